The van der Waals surface area contributed by atoms with E-state index in [0.29, 0.717) is 18.7 Å². The van der Waals surface area contributed by atoms with E-state index in [1.165, 1.54) is 22.5 Å². The first-order valence-corrected chi connectivity index (χ1v) is 7.68. The third kappa shape index (κ3) is 2.81. The Bertz CT molecular complexity index is 598. The van der Waals surface area contributed by atoms with Gasteiger partial charge in [-0.1, -0.05) is 6.92 Å². The van der Waals surface area contributed by atoms with Crippen LogP contribution in [0.3, 0.4) is 0 Å². The number of hydrogen-bond acceptors (Lipinski definition) is 4. The van der Waals surface area contributed by atoms with Gasteiger partial charge in [-0.05, 0) is 24.6 Å². The molecule has 0 atom stereocenters. The summed E-state index contributed by atoms with van der Waals surface area (Å²) >= 11 is 0. The van der Waals surface area contributed by atoms with Crippen LogP contribution in [0, 0.1) is 0 Å². The summed E-state index contributed by atoms with van der Waals surface area (Å²) in [6, 6.07) is 4.39. The molecule has 7 heteroatoms. The van der Waals surface area contributed by atoms with Crippen LogP contribution >= 0.6 is 0 Å². The zero-order chi connectivity index (χ0) is 14.0. The first-order valence-electron chi connectivity index (χ1n) is 6.07. The molecule has 1 aliphatic rings. The lowest BCUT2D eigenvalue weighted by Gasteiger charge is -2.18. The van der Waals surface area contributed by atoms with Crippen molar-refractivity contribution in [3.63, 3.8) is 0 Å². The smallest absolute Gasteiger partial charge is 0.235 e. The standard InChI is InChI=1S/C12H16N2O4S/c1-2-12(16)13-10-8-9(4-5-11(10)15)14-6-3-7-19(14,17)18/h4-5,8,15H,2-3,6-7H2,1H3,(H,13,16). The minimum absolute atomic E-state index is 0.0813. The molecular weight excluding hydrogens is 268 g/mol. The van der Waals surface area contributed by atoms with Gasteiger partial charge >= 0.3 is 0 Å². The van der Waals surface area contributed by atoms with Crippen LogP contribution in [-0.2, 0) is 14.8 Å². The van der Waals surface area contributed by atoms with E-state index in [1.807, 2.05) is 0 Å². The molecule has 0 aliphatic carbocycles. The number of nitrogens with zero attached hydrogens (tertiary/aromatic N) is 1. The van der Waals surface area contributed by atoms with E-state index in [9.17, 15) is 18.3 Å². The Balaban J connectivity index is 2.33. The Kier molecular flexibility index (Phi) is 3.66. The van der Waals surface area contributed by atoms with E-state index in [0.717, 1.165) is 0 Å². The molecule has 1 aromatic rings. The minimum atomic E-state index is -3.26. The first-order chi connectivity index (χ1) is 8.94. The van der Waals surface area contributed by atoms with E-state index in [-0.39, 0.29) is 29.5 Å². The van der Waals surface area contributed by atoms with E-state index in [2.05, 4.69) is 5.32 Å². The molecule has 1 aromatic carbocycles. The molecule has 1 aliphatic heterocycles. The molecule has 104 valence electrons. The van der Waals surface area contributed by atoms with Crippen LogP contribution in [0.25, 0.3) is 0 Å². The quantitative estimate of drug-likeness (QED) is 0.819. The van der Waals surface area contributed by atoms with Gasteiger partial charge < -0.3 is 10.4 Å². The molecule has 19 heavy (non-hydrogen) atoms. The lowest BCUT2D eigenvalue weighted by molar-refractivity contribution is -0.115. The molecule has 2 N–H and O–H groups in total. The summed E-state index contributed by atoms with van der Waals surface area (Å²) in [5.74, 6) is -0.191. The number of carbonyl (C=O) groups excluding carboxylic acids is 1. The van der Waals surface area contributed by atoms with E-state index < -0.39 is 10.0 Å². The highest BCUT2D eigenvalue weighted by molar-refractivity contribution is 7.93. The maximum Gasteiger partial charge on any atom is 0.235 e. The Morgan fingerprint density at radius 1 is 1.47 bits per heavy atom. The molecule has 1 fully saturated rings. The molecule has 1 heterocycles. The van der Waals surface area contributed by atoms with Crippen molar-refractivity contribution in [2.45, 2.75) is 19.8 Å². The van der Waals surface area contributed by atoms with Crippen molar-refractivity contribution in [3.05, 3.63) is 18.2 Å². The Morgan fingerprint density at radius 2 is 2.21 bits per heavy atom. The molecule has 0 bridgehead atoms. The number of phenolic OH excluding ortho intramolecular Hbond substituents is 1. The van der Waals surface area contributed by atoms with Crippen LogP contribution in [0.2, 0.25) is 0 Å². The third-order valence-electron chi connectivity index (χ3n) is 2.96. The van der Waals surface area contributed by atoms with Crippen molar-refractivity contribution < 1.29 is 18.3 Å². The van der Waals surface area contributed by atoms with Gasteiger partial charge in [0.05, 0.1) is 17.1 Å². The summed E-state index contributed by atoms with van der Waals surface area (Å²) in [4.78, 5) is 11.3. The Hall–Kier alpha value is -1.76. The maximum absolute atomic E-state index is 11.8. The molecule has 0 unspecified atom stereocenters. The van der Waals surface area contributed by atoms with Crippen molar-refractivity contribution in [1.29, 1.82) is 0 Å². The van der Waals surface area contributed by atoms with Crippen molar-refractivity contribution in [1.82, 2.24) is 0 Å². The van der Waals surface area contributed by atoms with Crippen LogP contribution in [0.1, 0.15) is 19.8 Å². The summed E-state index contributed by atoms with van der Waals surface area (Å²) in [5, 5.41) is 12.2. The Labute approximate surface area is 112 Å². The van der Waals surface area contributed by atoms with Gasteiger partial charge in [0.15, 0.2) is 0 Å². The van der Waals surface area contributed by atoms with E-state index in [4.69, 9.17) is 0 Å². The molecule has 1 amide bonds. The summed E-state index contributed by atoms with van der Waals surface area (Å²) in [5.41, 5.74) is 0.688. The van der Waals surface area contributed by atoms with Crippen molar-refractivity contribution in [3.8, 4) is 5.75 Å². The minimum Gasteiger partial charge on any atom is -0.506 e. The largest absolute Gasteiger partial charge is 0.506 e. The predicted octanol–water partition coefficient (Wildman–Crippen LogP) is 1.28. The highest BCUT2D eigenvalue weighted by Crippen LogP contribution is 2.32. The lowest BCUT2D eigenvalue weighted by atomic mass is 10.2. The summed E-state index contributed by atoms with van der Waals surface area (Å²) in [7, 11) is -3.26. The third-order valence-corrected chi connectivity index (χ3v) is 4.83. The monoisotopic (exact) mass is 284 g/mol. The van der Waals surface area contributed by atoms with Gasteiger partial charge in [0.2, 0.25) is 15.9 Å². The molecular formula is C12H16N2O4S. The number of rotatable bonds is 3. The predicted molar refractivity (Wildman–Crippen MR) is 72.8 cm³/mol. The first kappa shape index (κ1) is 13.7. The van der Waals surface area contributed by atoms with Crippen molar-refractivity contribution in [2.75, 3.05) is 21.9 Å². The highest BCUT2D eigenvalue weighted by atomic mass is 32.2. The zero-order valence-corrected chi connectivity index (χ0v) is 11.4. The number of anilines is 2. The number of benzene rings is 1. The van der Waals surface area contributed by atoms with Crippen LogP contribution in [0.5, 0.6) is 5.75 Å². The van der Waals surface area contributed by atoms with Gasteiger partial charge in [-0.3, -0.25) is 9.10 Å². The number of aromatic hydroxyl groups is 1. The van der Waals surface area contributed by atoms with Gasteiger partial charge in [-0.25, -0.2) is 8.42 Å². The Morgan fingerprint density at radius 3 is 2.79 bits per heavy atom. The topological polar surface area (TPSA) is 86.7 Å². The SMILES string of the molecule is CCC(=O)Nc1cc(N2CCCS2(=O)=O)ccc1O. The van der Waals surface area contributed by atoms with Crippen LogP contribution in [0.4, 0.5) is 11.4 Å². The number of phenols is 1. The second-order valence-corrected chi connectivity index (χ2v) is 6.36. The van der Waals surface area contributed by atoms with Gasteiger partial charge in [0.25, 0.3) is 0 Å². The van der Waals surface area contributed by atoms with Crippen molar-refractivity contribution in [2.24, 2.45) is 0 Å². The van der Waals surface area contributed by atoms with Gasteiger partial charge in [-0.15, -0.1) is 0 Å². The average Bonchev–Trinajstić information content (AvgIpc) is 2.71. The highest BCUT2D eigenvalue weighted by Gasteiger charge is 2.28. The van der Waals surface area contributed by atoms with Gasteiger partial charge in [0, 0.05) is 13.0 Å². The van der Waals surface area contributed by atoms with E-state index >= 15 is 0 Å². The van der Waals surface area contributed by atoms with Crippen LogP contribution in [0.15, 0.2) is 18.2 Å². The molecule has 2 rings (SSSR count). The van der Waals surface area contributed by atoms with E-state index in [1.54, 1.807) is 6.92 Å². The molecule has 0 spiro atoms. The fraction of sp³-hybridized carbons (Fsp3) is 0.417. The summed E-state index contributed by atoms with van der Waals surface area (Å²) < 4.78 is 24.9. The van der Waals surface area contributed by atoms with Gasteiger partial charge in [0.1, 0.15) is 5.75 Å². The van der Waals surface area contributed by atoms with Crippen molar-refractivity contribution >= 4 is 27.3 Å². The average molecular weight is 284 g/mol. The number of carbonyl (C=O) groups is 1. The summed E-state index contributed by atoms with van der Waals surface area (Å²) in [6.45, 7) is 2.12. The summed E-state index contributed by atoms with van der Waals surface area (Å²) in [6.07, 6.45) is 0.867. The van der Waals surface area contributed by atoms with Crippen LogP contribution < -0.4 is 9.62 Å². The number of amides is 1. The number of sulfonamides is 1. The molecule has 0 saturated carbocycles. The molecule has 0 aromatic heterocycles. The molecule has 0 radical (unpaired) electrons. The van der Waals surface area contributed by atoms with Gasteiger partial charge in [-0.2, -0.15) is 0 Å². The second-order valence-electron chi connectivity index (χ2n) is 4.34. The normalized spacial score (nSPS) is 17.4. The fourth-order valence-electron chi connectivity index (χ4n) is 1.95. The molecule has 1 saturated heterocycles. The lowest BCUT2D eigenvalue weighted by Crippen LogP contribution is -2.25. The zero-order valence-electron chi connectivity index (χ0n) is 10.6. The molecule has 6 nitrogen and oxygen atoms in total. The maximum atomic E-state index is 11.8. The number of hydrogen-bond donors (Lipinski definition) is 2. The number of nitrogens with one attached hydrogen (secondary N) is 1. The fourth-order valence-corrected chi connectivity index (χ4v) is 3.50. The van der Waals surface area contributed by atoms with Crippen LogP contribution in [-0.4, -0.2) is 31.7 Å². The second kappa shape index (κ2) is 5.08.